The van der Waals surface area contributed by atoms with Crippen LogP contribution >= 0.6 is 0 Å². The largest absolute Gasteiger partial charge is 0.416 e. The SMILES string of the molecule is CC[C@@H](C)NC(=O)[C@H]1CC(=O)N(c2cccc(C(F)(F)F)c2)C1. The van der Waals surface area contributed by atoms with Crippen molar-refractivity contribution in [2.45, 2.75) is 38.9 Å². The predicted molar refractivity (Wildman–Crippen MR) is 79.8 cm³/mol. The molecule has 2 rings (SSSR count). The van der Waals surface area contributed by atoms with Gasteiger partial charge in [0.05, 0.1) is 11.5 Å². The molecule has 1 aromatic carbocycles. The maximum atomic E-state index is 12.8. The predicted octanol–water partition coefficient (Wildman–Crippen LogP) is 2.97. The molecule has 1 aliphatic heterocycles. The third-order valence-corrected chi connectivity index (χ3v) is 3.98. The first-order chi connectivity index (χ1) is 10.7. The van der Waals surface area contributed by atoms with E-state index in [1.165, 1.54) is 17.0 Å². The molecule has 0 aromatic heterocycles. The molecule has 1 aromatic rings. The number of benzene rings is 1. The molecule has 126 valence electrons. The van der Waals surface area contributed by atoms with Crippen LogP contribution in [-0.2, 0) is 15.8 Å². The molecule has 0 bridgehead atoms. The summed E-state index contributed by atoms with van der Waals surface area (Å²) >= 11 is 0. The van der Waals surface area contributed by atoms with Crippen molar-refractivity contribution in [1.82, 2.24) is 5.32 Å². The molecule has 2 amide bonds. The Balaban J connectivity index is 2.13. The maximum absolute atomic E-state index is 12.8. The molecule has 0 aliphatic carbocycles. The zero-order valence-corrected chi connectivity index (χ0v) is 13.0. The Morgan fingerprint density at radius 2 is 2.13 bits per heavy atom. The molecule has 1 aliphatic rings. The van der Waals surface area contributed by atoms with Gasteiger partial charge in [-0.05, 0) is 31.5 Å². The average Bonchev–Trinajstić information content (AvgIpc) is 2.88. The second kappa shape index (κ2) is 6.60. The first-order valence-corrected chi connectivity index (χ1v) is 7.50. The Morgan fingerprint density at radius 3 is 2.74 bits per heavy atom. The van der Waals surface area contributed by atoms with Gasteiger partial charge in [-0.15, -0.1) is 0 Å². The first kappa shape index (κ1) is 17.3. The lowest BCUT2D eigenvalue weighted by Gasteiger charge is -2.19. The zero-order valence-electron chi connectivity index (χ0n) is 13.0. The number of rotatable bonds is 4. The van der Waals surface area contributed by atoms with E-state index in [-0.39, 0.29) is 36.5 Å². The van der Waals surface area contributed by atoms with Gasteiger partial charge in [0.1, 0.15) is 0 Å². The summed E-state index contributed by atoms with van der Waals surface area (Å²) in [4.78, 5) is 25.4. The van der Waals surface area contributed by atoms with Crippen molar-refractivity contribution in [2.75, 3.05) is 11.4 Å². The lowest BCUT2D eigenvalue weighted by molar-refractivity contribution is -0.137. The zero-order chi connectivity index (χ0) is 17.2. The van der Waals surface area contributed by atoms with Crippen LogP contribution in [0.5, 0.6) is 0 Å². The van der Waals surface area contributed by atoms with Gasteiger partial charge in [0.2, 0.25) is 11.8 Å². The number of hydrogen-bond acceptors (Lipinski definition) is 2. The summed E-state index contributed by atoms with van der Waals surface area (Å²) in [5.74, 6) is -1.11. The van der Waals surface area contributed by atoms with Crippen molar-refractivity contribution in [3.05, 3.63) is 29.8 Å². The van der Waals surface area contributed by atoms with E-state index in [4.69, 9.17) is 0 Å². The number of carbonyl (C=O) groups excluding carboxylic acids is 2. The van der Waals surface area contributed by atoms with Gasteiger partial charge in [0.25, 0.3) is 0 Å². The van der Waals surface area contributed by atoms with Crippen LogP contribution in [-0.4, -0.2) is 24.4 Å². The third kappa shape index (κ3) is 4.03. The number of nitrogens with zero attached hydrogens (tertiary/aromatic N) is 1. The molecule has 0 radical (unpaired) electrons. The van der Waals surface area contributed by atoms with Crippen LogP contribution in [0.15, 0.2) is 24.3 Å². The number of hydrogen-bond donors (Lipinski definition) is 1. The topological polar surface area (TPSA) is 49.4 Å². The summed E-state index contributed by atoms with van der Waals surface area (Å²) in [5.41, 5.74) is -0.640. The molecule has 1 heterocycles. The summed E-state index contributed by atoms with van der Waals surface area (Å²) in [5, 5.41) is 2.80. The van der Waals surface area contributed by atoms with Crippen molar-refractivity contribution < 1.29 is 22.8 Å². The van der Waals surface area contributed by atoms with Gasteiger partial charge in [-0.1, -0.05) is 13.0 Å². The summed E-state index contributed by atoms with van der Waals surface area (Å²) < 4.78 is 38.3. The Hall–Kier alpha value is -2.05. The average molecular weight is 328 g/mol. The van der Waals surface area contributed by atoms with Crippen LogP contribution in [0.2, 0.25) is 0 Å². The molecule has 0 unspecified atom stereocenters. The van der Waals surface area contributed by atoms with Crippen molar-refractivity contribution in [1.29, 1.82) is 0 Å². The van der Waals surface area contributed by atoms with E-state index in [0.717, 1.165) is 18.6 Å². The lowest BCUT2D eigenvalue weighted by atomic mass is 10.1. The Labute approximate surface area is 132 Å². The summed E-state index contributed by atoms with van der Waals surface area (Å²) in [6, 6.07) is 4.60. The third-order valence-electron chi connectivity index (χ3n) is 3.98. The summed E-state index contributed by atoms with van der Waals surface area (Å²) in [6.07, 6.45) is -3.69. The van der Waals surface area contributed by atoms with E-state index in [0.29, 0.717) is 0 Å². The number of carbonyl (C=O) groups is 2. The highest BCUT2D eigenvalue weighted by molar-refractivity contribution is 6.00. The van der Waals surface area contributed by atoms with E-state index < -0.39 is 17.7 Å². The fourth-order valence-electron chi connectivity index (χ4n) is 2.45. The van der Waals surface area contributed by atoms with Crippen LogP contribution < -0.4 is 10.2 Å². The molecule has 1 fully saturated rings. The minimum atomic E-state index is -4.47. The number of anilines is 1. The normalized spacial score (nSPS) is 19.8. The molecule has 2 atom stereocenters. The maximum Gasteiger partial charge on any atom is 0.416 e. The van der Waals surface area contributed by atoms with E-state index in [9.17, 15) is 22.8 Å². The minimum absolute atomic E-state index is 0.000194. The van der Waals surface area contributed by atoms with Gasteiger partial charge in [0, 0.05) is 24.7 Å². The van der Waals surface area contributed by atoms with Gasteiger partial charge in [-0.25, -0.2) is 0 Å². The molecule has 1 saturated heterocycles. The molecule has 0 spiro atoms. The van der Waals surface area contributed by atoms with Gasteiger partial charge in [-0.2, -0.15) is 13.2 Å². The molecule has 0 saturated carbocycles. The minimum Gasteiger partial charge on any atom is -0.353 e. The van der Waals surface area contributed by atoms with Gasteiger partial charge < -0.3 is 10.2 Å². The molecule has 7 heteroatoms. The number of amides is 2. The molecular weight excluding hydrogens is 309 g/mol. The van der Waals surface area contributed by atoms with E-state index in [1.807, 2.05) is 13.8 Å². The summed E-state index contributed by atoms with van der Waals surface area (Å²) in [7, 11) is 0. The molecular formula is C16H19F3N2O2. The lowest BCUT2D eigenvalue weighted by Crippen LogP contribution is -2.38. The molecule has 4 nitrogen and oxygen atoms in total. The van der Waals surface area contributed by atoms with E-state index >= 15 is 0 Å². The standard InChI is InChI=1S/C16H19F3N2O2/c1-3-10(2)20-15(23)11-7-14(22)21(9-11)13-6-4-5-12(8-13)16(17,18)19/h4-6,8,10-11H,3,7,9H2,1-2H3,(H,20,23)/t10-,11+/m1/s1. The van der Waals surface area contributed by atoms with Gasteiger partial charge in [0.15, 0.2) is 0 Å². The second-order valence-electron chi connectivity index (χ2n) is 5.77. The van der Waals surface area contributed by atoms with Gasteiger partial charge in [-0.3, -0.25) is 9.59 Å². The van der Waals surface area contributed by atoms with Crippen LogP contribution in [0.1, 0.15) is 32.3 Å². The monoisotopic (exact) mass is 328 g/mol. The van der Waals surface area contributed by atoms with E-state index in [2.05, 4.69) is 5.32 Å². The molecule has 23 heavy (non-hydrogen) atoms. The van der Waals surface area contributed by atoms with Crippen LogP contribution in [0.3, 0.4) is 0 Å². The Morgan fingerprint density at radius 1 is 1.43 bits per heavy atom. The van der Waals surface area contributed by atoms with Crippen molar-refractivity contribution in [3.8, 4) is 0 Å². The van der Waals surface area contributed by atoms with E-state index in [1.54, 1.807) is 0 Å². The fourth-order valence-corrected chi connectivity index (χ4v) is 2.45. The fraction of sp³-hybridized carbons (Fsp3) is 0.500. The highest BCUT2D eigenvalue weighted by atomic mass is 19.4. The van der Waals surface area contributed by atoms with Crippen molar-refractivity contribution in [2.24, 2.45) is 5.92 Å². The first-order valence-electron chi connectivity index (χ1n) is 7.50. The van der Waals surface area contributed by atoms with Crippen LogP contribution in [0, 0.1) is 5.92 Å². The Bertz CT molecular complexity index is 601. The highest BCUT2D eigenvalue weighted by Crippen LogP contribution is 2.33. The molecule has 1 N–H and O–H groups in total. The van der Waals surface area contributed by atoms with Gasteiger partial charge >= 0.3 is 6.18 Å². The quantitative estimate of drug-likeness (QED) is 0.924. The number of alkyl halides is 3. The highest BCUT2D eigenvalue weighted by Gasteiger charge is 2.37. The smallest absolute Gasteiger partial charge is 0.353 e. The Kier molecular flexibility index (Phi) is 4.97. The van der Waals surface area contributed by atoms with Crippen LogP contribution in [0.4, 0.5) is 18.9 Å². The number of nitrogens with one attached hydrogen (secondary N) is 1. The second-order valence-corrected chi connectivity index (χ2v) is 5.77. The number of halogens is 3. The van der Waals surface area contributed by atoms with Crippen LogP contribution in [0.25, 0.3) is 0 Å². The summed E-state index contributed by atoms with van der Waals surface area (Å²) in [6.45, 7) is 3.89. The van der Waals surface area contributed by atoms with Crippen molar-refractivity contribution >= 4 is 17.5 Å². The van der Waals surface area contributed by atoms with Crippen molar-refractivity contribution in [3.63, 3.8) is 0 Å².